The van der Waals surface area contributed by atoms with Gasteiger partial charge in [0.25, 0.3) is 0 Å². The molecule has 0 spiro atoms. The van der Waals surface area contributed by atoms with Crippen molar-refractivity contribution in [2.75, 3.05) is 0 Å². The van der Waals surface area contributed by atoms with E-state index in [4.69, 9.17) is 0 Å². The first kappa shape index (κ1) is 18.9. The van der Waals surface area contributed by atoms with Gasteiger partial charge in [-0.05, 0) is 87.2 Å². The van der Waals surface area contributed by atoms with Crippen LogP contribution in [0.4, 0.5) is 0 Å². The van der Waals surface area contributed by atoms with Gasteiger partial charge in [0.1, 0.15) is 6.33 Å². The number of rotatable bonds is 1. The van der Waals surface area contributed by atoms with Gasteiger partial charge in [-0.2, -0.15) is 0 Å². The Hall–Kier alpha value is -1.87. The number of fused-ring (bicyclic) bond motifs is 6. The molecule has 1 aromatic carbocycles. The maximum absolute atomic E-state index is 10.7. The quantitative estimate of drug-likeness (QED) is 0.577. The molecule has 158 valence electrons. The molecule has 2 fully saturated rings. The zero-order valence-corrected chi connectivity index (χ0v) is 18.6. The van der Waals surface area contributed by atoms with Gasteiger partial charge in [-0.25, -0.2) is 4.98 Å². The van der Waals surface area contributed by atoms with E-state index in [1.54, 1.807) is 5.57 Å². The van der Waals surface area contributed by atoms with Gasteiger partial charge in [-0.1, -0.05) is 43.7 Å². The summed E-state index contributed by atoms with van der Waals surface area (Å²) in [4.78, 5) is 4.68. The highest BCUT2D eigenvalue weighted by Crippen LogP contribution is 2.66. The topological polar surface area (TPSA) is 38.0 Å². The molecule has 0 radical (unpaired) electrons. The predicted molar refractivity (Wildman–Crippen MR) is 122 cm³/mol. The molecular formula is C27H34N2O. The number of para-hydroxylation sites is 2. The fraction of sp³-hybridized carbons (Fsp3) is 0.593. The predicted octanol–water partition coefficient (Wildman–Crippen LogP) is 6.20. The number of aromatic nitrogens is 2. The molecule has 3 nitrogen and oxygen atoms in total. The van der Waals surface area contributed by atoms with Crippen LogP contribution in [0.2, 0.25) is 0 Å². The van der Waals surface area contributed by atoms with E-state index in [1.807, 2.05) is 13.3 Å². The van der Waals surface area contributed by atoms with Gasteiger partial charge in [0, 0.05) is 11.1 Å². The third-order valence-corrected chi connectivity index (χ3v) is 9.63. The van der Waals surface area contributed by atoms with E-state index in [9.17, 15) is 5.11 Å². The monoisotopic (exact) mass is 402 g/mol. The summed E-state index contributed by atoms with van der Waals surface area (Å²) in [5, 5.41) is 10.7. The fourth-order valence-corrected chi connectivity index (χ4v) is 7.87. The Kier molecular flexibility index (Phi) is 3.83. The van der Waals surface area contributed by atoms with Gasteiger partial charge in [0.15, 0.2) is 0 Å². The molecule has 6 atom stereocenters. The first-order valence-electron chi connectivity index (χ1n) is 11.9. The van der Waals surface area contributed by atoms with Crippen LogP contribution in [-0.2, 0) is 0 Å². The van der Waals surface area contributed by atoms with Crippen molar-refractivity contribution in [1.29, 1.82) is 0 Å². The van der Waals surface area contributed by atoms with Gasteiger partial charge < -0.3 is 9.67 Å². The molecule has 2 aromatic rings. The van der Waals surface area contributed by atoms with Crippen LogP contribution in [0.25, 0.3) is 16.7 Å². The smallest absolute Gasteiger partial charge is 0.100 e. The summed E-state index contributed by atoms with van der Waals surface area (Å²) in [6.45, 7) is 7.06. The van der Waals surface area contributed by atoms with Crippen LogP contribution in [0, 0.1) is 28.6 Å². The van der Waals surface area contributed by atoms with Crippen LogP contribution < -0.4 is 0 Å². The Labute approximate surface area is 179 Å². The van der Waals surface area contributed by atoms with Crippen molar-refractivity contribution in [1.82, 2.24) is 9.55 Å². The molecule has 1 N–H and O–H groups in total. The van der Waals surface area contributed by atoms with Crippen molar-refractivity contribution in [2.24, 2.45) is 28.6 Å². The van der Waals surface area contributed by atoms with Gasteiger partial charge in [0.2, 0.25) is 0 Å². The first-order valence-corrected chi connectivity index (χ1v) is 11.9. The minimum absolute atomic E-state index is 0.229. The molecular weight excluding hydrogens is 368 g/mol. The van der Waals surface area contributed by atoms with Crippen molar-refractivity contribution in [2.45, 2.75) is 71.3 Å². The second-order valence-corrected chi connectivity index (χ2v) is 11.3. The highest BCUT2D eigenvalue weighted by Gasteiger charge is 2.57. The second-order valence-electron chi connectivity index (χ2n) is 11.3. The summed E-state index contributed by atoms with van der Waals surface area (Å²) in [7, 11) is 0. The Morgan fingerprint density at radius 2 is 1.80 bits per heavy atom. The lowest BCUT2D eigenvalue weighted by Gasteiger charge is -2.58. The van der Waals surface area contributed by atoms with E-state index in [-0.39, 0.29) is 10.8 Å². The molecule has 3 heteroatoms. The zero-order valence-electron chi connectivity index (χ0n) is 18.6. The minimum atomic E-state index is -0.508. The summed E-state index contributed by atoms with van der Waals surface area (Å²) in [6, 6.07) is 8.52. The van der Waals surface area contributed by atoms with Crippen LogP contribution in [0.5, 0.6) is 0 Å². The lowest BCUT2D eigenvalue weighted by Crippen LogP contribution is -2.51. The second kappa shape index (κ2) is 6.09. The first-order chi connectivity index (χ1) is 14.3. The molecule has 1 aromatic heterocycles. The third-order valence-electron chi connectivity index (χ3n) is 9.63. The maximum Gasteiger partial charge on any atom is 0.100 e. The van der Waals surface area contributed by atoms with Crippen LogP contribution in [0.1, 0.15) is 65.7 Å². The number of benzene rings is 1. The molecule has 4 aliphatic carbocycles. The van der Waals surface area contributed by atoms with E-state index in [2.05, 4.69) is 59.8 Å². The molecule has 30 heavy (non-hydrogen) atoms. The maximum atomic E-state index is 10.7. The van der Waals surface area contributed by atoms with Crippen molar-refractivity contribution in [3.8, 4) is 0 Å². The zero-order chi connectivity index (χ0) is 20.7. The molecule has 0 bridgehead atoms. The molecule has 6 rings (SSSR count). The van der Waals surface area contributed by atoms with Crippen LogP contribution in [0.3, 0.4) is 0 Å². The SMILES string of the molecule is C[C@]1(O)CC[C@@]2(C)C(=CC[C@@H]3[C@@H]2CC[C@]2(C)C(n4cnc5ccccc54)=CC[C@@H]32)C1. The molecule has 0 aliphatic heterocycles. The number of hydrogen-bond donors (Lipinski definition) is 1. The highest BCUT2D eigenvalue weighted by atomic mass is 16.3. The Bertz CT molecular complexity index is 1080. The molecule has 0 saturated heterocycles. The standard InChI is InChI=1S/C27H34N2O/c1-25(30)14-15-26(2)18(16-25)8-9-19-20-10-11-24(27(20,3)13-12-21(19)26)29-17-28-22-6-4-5-7-23(22)29/h4-8,11,17,19-21,30H,9-10,12-16H2,1-3H3/t19-,20-,21-,25-,26-,27-/m0/s1. The van der Waals surface area contributed by atoms with E-state index in [0.717, 1.165) is 36.6 Å². The number of allylic oxidation sites excluding steroid dienone is 3. The summed E-state index contributed by atoms with van der Waals surface area (Å²) in [5.41, 5.74) is 5.36. The van der Waals surface area contributed by atoms with Crippen molar-refractivity contribution in [3.63, 3.8) is 0 Å². The fourth-order valence-electron chi connectivity index (χ4n) is 7.87. The van der Waals surface area contributed by atoms with Crippen molar-refractivity contribution < 1.29 is 5.11 Å². The van der Waals surface area contributed by atoms with Crippen LogP contribution >= 0.6 is 0 Å². The van der Waals surface area contributed by atoms with Crippen molar-refractivity contribution >= 4 is 16.7 Å². The lowest BCUT2D eigenvalue weighted by molar-refractivity contribution is -0.0492. The van der Waals surface area contributed by atoms with E-state index in [1.165, 1.54) is 36.9 Å². The summed E-state index contributed by atoms with van der Waals surface area (Å²) in [6.07, 6.45) is 15.0. The third kappa shape index (κ3) is 2.45. The van der Waals surface area contributed by atoms with Gasteiger partial charge in [-0.3, -0.25) is 0 Å². The number of imidazole rings is 1. The van der Waals surface area contributed by atoms with E-state index in [0.29, 0.717) is 5.92 Å². The summed E-state index contributed by atoms with van der Waals surface area (Å²) in [5.74, 6) is 2.23. The Balaban J connectivity index is 1.35. The number of nitrogens with zero attached hydrogens (tertiary/aromatic N) is 2. The Morgan fingerprint density at radius 3 is 2.67 bits per heavy atom. The molecule has 4 aliphatic rings. The van der Waals surface area contributed by atoms with Gasteiger partial charge >= 0.3 is 0 Å². The van der Waals surface area contributed by atoms with Gasteiger partial charge in [-0.15, -0.1) is 0 Å². The highest BCUT2D eigenvalue weighted by molar-refractivity contribution is 5.80. The molecule has 2 saturated carbocycles. The molecule has 0 unspecified atom stereocenters. The summed E-state index contributed by atoms with van der Waals surface area (Å²) < 4.78 is 2.37. The van der Waals surface area contributed by atoms with Crippen molar-refractivity contribution in [3.05, 3.63) is 48.3 Å². The largest absolute Gasteiger partial charge is 0.390 e. The average molecular weight is 403 g/mol. The van der Waals surface area contributed by atoms with E-state index < -0.39 is 5.60 Å². The minimum Gasteiger partial charge on any atom is -0.390 e. The average Bonchev–Trinajstić information content (AvgIpc) is 3.29. The lowest BCUT2D eigenvalue weighted by atomic mass is 9.47. The van der Waals surface area contributed by atoms with Gasteiger partial charge in [0.05, 0.1) is 16.6 Å². The number of aliphatic hydroxyl groups is 1. The van der Waals surface area contributed by atoms with Crippen LogP contribution in [0.15, 0.2) is 48.3 Å². The normalized spacial score (nSPS) is 42.9. The van der Waals surface area contributed by atoms with Crippen LogP contribution in [-0.4, -0.2) is 20.3 Å². The number of hydrogen-bond acceptors (Lipinski definition) is 2. The summed E-state index contributed by atoms with van der Waals surface area (Å²) >= 11 is 0. The van der Waals surface area contributed by atoms with E-state index >= 15 is 0 Å². The molecule has 0 amide bonds. The molecule has 1 heterocycles. The Morgan fingerprint density at radius 1 is 0.967 bits per heavy atom.